The first kappa shape index (κ1) is 12.1. The number of aliphatic hydroxyl groups is 2. The van der Waals surface area contributed by atoms with Gasteiger partial charge in [-0.3, -0.25) is 4.79 Å². The average molecular weight is 187 g/mol. The Morgan fingerprint density at radius 2 is 1.92 bits per heavy atom. The second-order valence-electron chi connectivity index (χ2n) is 3.23. The molecule has 0 aliphatic heterocycles. The quantitative estimate of drug-likeness (QED) is 0.527. The lowest BCUT2D eigenvalue weighted by Gasteiger charge is -2.06. The number of nitrogens with two attached hydrogens (primary N) is 1. The molecule has 0 bridgehead atoms. The normalized spacial score (nSPS) is 16.8. The van der Waals surface area contributed by atoms with Crippen LogP contribution in [0.3, 0.4) is 0 Å². The molecule has 13 heavy (non-hydrogen) atoms. The van der Waals surface area contributed by atoms with Gasteiger partial charge in [-0.05, 0) is 20.3 Å². The minimum atomic E-state index is -0.590. The molecule has 4 N–H and O–H groups in total. The number of rotatable bonds is 5. The Kier molecular flexibility index (Phi) is 5.34. The Balaban J connectivity index is 4.24. The molecule has 0 aliphatic carbocycles. The van der Waals surface area contributed by atoms with Crippen LogP contribution in [0.15, 0.2) is 11.6 Å². The molecule has 0 aromatic heterocycles. The van der Waals surface area contributed by atoms with E-state index in [0.29, 0.717) is 12.0 Å². The summed E-state index contributed by atoms with van der Waals surface area (Å²) in [7, 11) is 0. The van der Waals surface area contributed by atoms with Crippen molar-refractivity contribution in [1.82, 2.24) is 0 Å². The van der Waals surface area contributed by atoms with Gasteiger partial charge in [0, 0.05) is 12.0 Å². The van der Waals surface area contributed by atoms with Gasteiger partial charge in [0.25, 0.3) is 0 Å². The molecule has 4 nitrogen and oxygen atoms in total. The van der Waals surface area contributed by atoms with E-state index < -0.39 is 18.1 Å². The summed E-state index contributed by atoms with van der Waals surface area (Å²) < 4.78 is 0. The van der Waals surface area contributed by atoms with Gasteiger partial charge in [-0.1, -0.05) is 6.08 Å². The zero-order valence-electron chi connectivity index (χ0n) is 8.03. The molecule has 0 aromatic carbocycles. The van der Waals surface area contributed by atoms with Crippen LogP contribution in [0.5, 0.6) is 0 Å². The van der Waals surface area contributed by atoms with Crippen molar-refractivity contribution >= 4 is 5.91 Å². The van der Waals surface area contributed by atoms with Crippen LogP contribution in [0.25, 0.3) is 0 Å². The van der Waals surface area contributed by atoms with E-state index in [9.17, 15) is 4.79 Å². The zero-order valence-corrected chi connectivity index (χ0v) is 8.03. The topological polar surface area (TPSA) is 83.6 Å². The molecule has 0 heterocycles. The number of carbonyl (C=O) groups is 1. The maximum atomic E-state index is 10.8. The molecule has 4 heteroatoms. The fourth-order valence-corrected chi connectivity index (χ4v) is 0.916. The lowest BCUT2D eigenvalue weighted by atomic mass is 10.1. The fourth-order valence-electron chi connectivity index (χ4n) is 0.916. The highest BCUT2D eigenvalue weighted by Crippen LogP contribution is 2.07. The van der Waals surface area contributed by atoms with Crippen LogP contribution >= 0.6 is 0 Å². The first-order valence-corrected chi connectivity index (χ1v) is 4.28. The molecular weight excluding hydrogens is 170 g/mol. The monoisotopic (exact) mass is 187 g/mol. The molecule has 0 radical (unpaired) electrons. The summed E-state index contributed by atoms with van der Waals surface area (Å²) in [5.74, 6) is -0.540. The first-order chi connectivity index (χ1) is 5.93. The third-order valence-corrected chi connectivity index (χ3v) is 1.54. The summed E-state index contributed by atoms with van der Waals surface area (Å²) in [6, 6.07) is 0. The van der Waals surface area contributed by atoms with Crippen LogP contribution in [0.2, 0.25) is 0 Å². The second-order valence-corrected chi connectivity index (χ2v) is 3.23. The van der Waals surface area contributed by atoms with Crippen molar-refractivity contribution in [1.29, 1.82) is 0 Å². The third-order valence-electron chi connectivity index (χ3n) is 1.54. The molecule has 76 valence electrons. The molecule has 0 aromatic rings. The van der Waals surface area contributed by atoms with E-state index >= 15 is 0 Å². The predicted octanol–water partition coefficient (Wildman–Crippen LogP) is -0.0601. The predicted molar refractivity (Wildman–Crippen MR) is 49.9 cm³/mol. The van der Waals surface area contributed by atoms with Gasteiger partial charge >= 0.3 is 0 Å². The van der Waals surface area contributed by atoms with Gasteiger partial charge in [0.2, 0.25) is 5.91 Å². The summed E-state index contributed by atoms with van der Waals surface area (Å²) in [5, 5.41) is 18.0. The van der Waals surface area contributed by atoms with E-state index in [2.05, 4.69) is 0 Å². The van der Waals surface area contributed by atoms with Crippen molar-refractivity contribution in [3.05, 3.63) is 11.6 Å². The Labute approximate surface area is 78.1 Å². The largest absolute Gasteiger partial charge is 0.393 e. The number of primary amides is 1. The molecule has 1 amide bonds. The van der Waals surface area contributed by atoms with Crippen LogP contribution in [-0.2, 0) is 4.79 Å². The molecule has 0 spiro atoms. The summed E-state index contributed by atoms with van der Waals surface area (Å²) >= 11 is 0. The van der Waals surface area contributed by atoms with E-state index in [-0.39, 0.29) is 6.42 Å². The van der Waals surface area contributed by atoms with Gasteiger partial charge in [0.05, 0.1) is 12.2 Å². The van der Waals surface area contributed by atoms with Crippen molar-refractivity contribution in [2.75, 3.05) is 0 Å². The van der Waals surface area contributed by atoms with Gasteiger partial charge in [-0.15, -0.1) is 0 Å². The third kappa shape index (κ3) is 6.31. The maximum absolute atomic E-state index is 10.8. The highest BCUT2D eigenvalue weighted by Gasteiger charge is 2.08. The summed E-state index contributed by atoms with van der Waals surface area (Å²) in [6.45, 7) is 3.21. The van der Waals surface area contributed by atoms with Crippen LogP contribution in [0, 0.1) is 0 Å². The smallest absolute Gasteiger partial charge is 0.244 e. The van der Waals surface area contributed by atoms with Crippen LogP contribution in [-0.4, -0.2) is 28.3 Å². The summed E-state index contributed by atoms with van der Waals surface area (Å²) in [5.41, 5.74) is 5.44. The van der Waals surface area contributed by atoms with Gasteiger partial charge < -0.3 is 15.9 Å². The Hall–Kier alpha value is -0.870. The lowest BCUT2D eigenvalue weighted by molar-refractivity contribution is -0.114. The fraction of sp³-hybridized carbons (Fsp3) is 0.667. The van der Waals surface area contributed by atoms with Crippen LogP contribution in [0.1, 0.15) is 26.7 Å². The second kappa shape index (κ2) is 5.72. The van der Waals surface area contributed by atoms with Crippen molar-refractivity contribution in [2.24, 2.45) is 5.73 Å². The van der Waals surface area contributed by atoms with E-state index in [0.717, 1.165) is 0 Å². The van der Waals surface area contributed by atoms with E-state index in [1.54, 1.807) is 19.9 Å². The minimum Gasteiger partial charge on any atom is -0.393 e. The number of hydrogen-bond donors (Lipinski definition) is 3. The molecule has 2 atom stereocenters. The Bertz CT molecular complexity index is 197. The number of carbonyl (C=O) groups excluding carboxylic acids is 1. The summed E-state index contributed by atoms with van der Waals surface area (Å²) in [4.78, 5) is 10.8. The van der Waals surface area contributed by atoms with E-state index in [1.165, 1.54) is 0 Å². The SMILES string of the molecule is CC(O)C/C=C(/CC(C)O)C(N)=O. The molecule has 0 rings (SSSR count). The van der Waals surface area contributed by atoms with Crippen LogP contribution in [0.4, 0.5) is 0 Å². The van der Waals surface area contributed by atoms with E-state index in [4.69, 9.17) is 15.9 Å². The zero-order chi connectivity index (χ0) is 10.4. The Morgan fingerprint density at radius 1 is 1.38 bits per heavy atom. The number of amides is 1. The minimum absolute atomic E-state index is 0.238. The van der Waals surface area contributed by atoms with E-state index in [1.807, 2.05) is 0 Å². The first-order valence-electron chi connectivity index (χ1n) is 4.28. The van der Waals surface area contributed by atoms with Crippen LogP contribution < -0.4 is 5.73 Å². The van der Waals surface area contributed by atoms with Gasteiger partial charge in [-0.2, -0.15) is 0 Å². The maximum Gasteiger partial charge on any atom is 0.244 e. The Morgan fingerprint density at radius 3 is 2.23 bits per heavy atom. The van der Waals surface area contributed by atoms with Crippen molar-refractivity contribution < 1.29 is 15.0 Å². The lowest BCUT2D eigenvalue weighted by Crippen LogP contribution is -2.18. The molecule has 0 saturated heterocycles. The van der Waals surface area contributed by atoms with Crippen molar-refractivity contribution in [3.63, 3.8) is 0 Å². The molecule has 2 unspecified atom stereocenters. The van der Waals surface area contributed by atoms with Crippen molar-refractivity contribution in [2.45, 2.75) is 38.9 Å². The standard InChI is InChI=1S/C9H17NO3/c1-6(11)3-4-8(9(10)13)5-7(2)12/h4,6-7,11-12H,3,5H2,1-2H3,(H2,10,13)/b8-4-. The highest BCUT2D eigenvalue weighted by molar-refractivity contribution is 5.91. The van der Waals surface area contributed by atoms with Crippen molar-refractivity contribution in [3.8, 4) is 0 Å². The average Bonchev–Trinajstić information content (AvgIpc) is 1.96. The van der Waals surface area contributed by atoms with Gasteiger partial charge in [0.15, 0.2) is 0 Å². The molecular formula is C9H17NO3. The highest BCUT2D eigenvalue weighted by atomic mass is 16.3. The number of hydrogen-bond acceptors (Lipinski definition) is 3. The molecule has 0 aliphatic rings. The van der Waals surface area contributed by atoms with Gasteiger partial charge in [0.1, 0.15) is 0 Å². The molecule has 0 fully saturated rings. The van der Waals surface area contributed by atoms with Gasteiger partial charge in [-0.25, -0.2) is 0 Å². The number of aliphatic hydroxyl groups excluding tert-OH is 2. The molecule has 0 saturated carbocycles. The summed E-state index contributed by atoms with van der Waals surface area (Å²) in [6.07, 6.45) is 1.10.